The average molecular weight is 227 g/mol. The molecule has 1 aliphatic rings. The van der Waals surface area contributed by atoms with Gasteiger partial charge in [0.15, 0.2) is 0 Å². The minimum Gasteiger partial charge on any atom is -0.512 e. The predicted molar refractivity (Wildman–Crippen MR) is 59.5 cm³/mol. The Morgan fingerprint density at radius 1 is 1.62 bits per heavy atom. The third-order valence-corrected chi connectivity index (χ3v) is 2.39. The van der Waals surface area contributed by atoms with Crippen LogP contribution in [-0.2, 0) is 9.53 Å². The first-order valence-electron chi connectivity index (χ1n) is 5.35. The zero-order valence-electron chi connectivity index (χ0n) is 9.56. The summed E-state index contributed by atoms with van der Waals surface area (Å²) in [5.41, 5.74) is 0.662. The molecule has 0 aromatic carbocycles. The second-order valence-corrected chi connectivity index (χ2v) is 3.63. The molecule has 0 unspecified atom stereocenters. The van der Waals surface area contributed by atoms with Crippen molar-refractivity contribution in [1.29, 1.82) is 0 Å². The number of allylic oxidation sites excluding steroid dienone is 1. The van der Waals surface area contributed by atoms with Crippen molar-refractivity contribution in [3.63, 3.8) is 0 Å². The molecule has 0 amide bonds. The third-order valence-electron chi connectivity index (χ3n) is 2.39. The van der Waals surface area contributed by atoms with E-state index in [0.29, 0.717) is 18.6 Å². The smallest absolute Gasteiger partial charge is 0.343 e. The molecule has 5 nitrogen and oxygen atoms in total. The van der Waals surface area contributed by atoms with Gasteiger partial charge >= 0.3 is 5.97 Å². The van der Waals surface area contributed by atoms with Crippen LogP contribution in [0.1, 0.15) is 26.7 Å². The van der Waals surface area contributed by atoms with Crippen LogP contribution < -0.4 is 0 Å². The molecule has 0 saturated carbocycles. The van der Waals surface area contributed by atoms with Gasteiger partial charge in [-0.3, -0.25) is 4.99 Å². The summed E-state index contributed by atoms with van der Waals surface area (Å²) in [6.07, 6.45) is 1.28. The maximum Gasteiger partial charge on any atom is 0.343 e. The standard InChI is InChI=1S/C11H17NO4/c1-3-16-11(15)10(7(2)14)9-5-4-8(6-13)12-9/h8,13-14H,3-6H2,1-2H3/b10-7+/t8-/m0/s1. The fourth-order valence-corrected chi connectivity index (χ4v) is 1.65. The molecule has 0 radical (unpaired) electrons. The zero-order valence-corrected chi connectivity index (χ0v) is 9.56. The van der Waals surface area contributed by atoms with Crippen LogP contribution in [0.25, 0.3) is 0 Å². The summed E-state index contributed by atoms with van der Waals surface area (Å²) in [6, 6.07) is -0.168. The normalized spacial score (nSPS) is 21.4. The Morgan fingerprint density at radius 3 is 2.75 bits per heavy atom. The van der Waals surface area contributed by atoms with E-state index in [9.17, 15) is 9.90 Å². The highest BCUT2D eigenvalue weighted by atomic mass is 16.5. The zero-order chi connectivity index (χ0) is 12.1. The fourth-order valence-electron chi connectivity index (χ4n) is 1.65. The van der Waals surface area contributed by atoms with Crippen LogP contribution in [0.3, 0.4) is 0 Å². The molecular weight excluding hydrogens is 210 g/mol. The number of carbonyl (C=O) groups is 1. The van der Waals surface area contributed by atoms with Gasteiger partial charge in [-0.05, 0) is 26.7 Å². The number of nitrogens with zero attached hydrogens (tertiary/aromatic N) is 1. The number of ether oxygens (including phenoxy) is 1. The van der Waals surface area contributed by atoms with Crippen LogP contribution in [0.4, 0.5) is 0 Å². The number of rotatable bonds is 4. The van der Waals surface area contributed by atoms with Gasteiger partial charge in [-0.15, -0.1) is 0 Å². The molecule has 1 heterocycles. The lowest BCUT2D eigenvalue weighted by molar-refractivity contribution is -0.138. The SMILES string of the molecule is CCOC(=O)/C(C1=N[C@H](CO)CC1)=C(\C)O. The van der Waals surface area contributed by atoms with Crippen LogP contribution >= 0.6 is 0 Å². The van der Waals surface area contributed by atoms with Gasteiger partial charge in [-0.25, -0.2) is 4.79 Å². The number of hydrogen-bond donors (Lipinski definition) is 2. The van der Waals surface area contributed by atoms with Crippen LogP contribution in [0.2, 0.25) is 0 Å². The van der Waals surface area contributed by atoms with Crippen molar-refractivity contribution in [1.82, 2.24) is 0 Å². The van der Waals surface area contributed by atoms with Crippen molar-refractivity contribution >= 4 is 11.7 Å². The quantitative estimate of drug-likeness (QED) is 0.426. The van der Waals surface area contributed by atoms with Crippen LogP contribution in [0, 0.1) is 0 Å². The van der Waals surface area contributed by atoms with Crippen LogP contribution in [-0.4, -0.2) is 41.1 Å². The van der Waals surface area contributed by atoms with Gasteiger partial charge < -0.3 is 14.9 Å². The Bertz CT molecular complexity index is 329. The van der Waals surface area contributed by atoms with Crippen LogP contribution in [0.15, 0.2) is 16.3 Å². The highest BCUT2D eigenvalue weighted by Crippen LogP contribution is 2.20. The van der Waals surface area contributed by atoms with E-state index in [0.717, 1.165) is 0 Å². The summed E-state index contributed by atoms with van der Waals surface area (Å²) in [5, 5.41) is 18.4. The Labute approximate surface area is 94.5 Å². The molecular formula is C11H17NO4. The van der Waals surface area contributed by atoms with E-state index in [1.807, 2.05) is 0 Å². The largest absolute Gasteiger partial charge is 0.512 e. The maximum absolute atomic E-state index is 11.6. The summed E-state index contributed by atoms with van der Waals surface area (Å²) in [7, 11) is 0. The molecule has 1 aliphatic heterocycles. The first-order chi connectivity index (χ1) is 7.60. The molecule has 0 saturated heterocycles. The fraction of sp³-hybridized carbons (Fsp3) is 0.636. The lowest BCUT2D eigenvalue weighted by atomic mass is 10.1. The number of esters is 1. The number of aliphatic hydroxyl groups excluding tert-OH is 2. The Hall–Kier alpha value is -1.36. The second-order valence-electron chi connectivity index (χ2n) is 3.63. The Balaban J connectivity index is 2.89. The Kier molecular flexibility index (Phi) is 4.49. The van der Waals surface area contributed by atoms with Crippen molar-refractivity contribution in [2.75, 3.05) is 13.2 Å². The van der Waals surface area contributed by atoms with Gasteiger partial charge in [0, 0.05) is 0 Å². The Morgan fingerprint density at radius 2 is 2.31 bits per heavy atom. The first-order valence-corrected chi connectivity index (χ1v) is 5.35. The highest BCUT2D eigenvalue weighted by molar-refractivity contribution is 6.20. The molecule has 16 heavy (non-hydrogen) atoms. The number of carbonyl (C=O) groups excluding carboxylic acids is 1. The molecule has 0 aromatic heterocycles. The lowest BCUT2D eigenvalue weighted by Crippen LogP contribution is -2.16. The highest BCUT2D eigenvalue weighted by Gasteiger charge is 2.26. The van der Waals surface area contributed by atoms with E-state index in [1.165, 1.54) is 6.92 Å². The summed E-state index contributed by atoms with van der Waals surface area (Å²) in [5.74, 6) is -0.643. The van der Waals surface area contributed by atoms with Crippen molar-refractivity contribution in [2.45, 2.75) is 32.7 Å². The lowest BCUT2D eigenvalue weighted by Gasteiger charge is -2.07. The summed E-state index contributed by atoms with van der Waals surface area (Å²) < 4.78 is 4.85. The van der Waals surface area contributed by atoms with Gasteiger partial charge in [0.2, 0.25) is 0 Å². The van der Waals surface area contributed by atoms with E-state index in [2.05, 4.69) is 4.99 Å². The molecule has 0 aliphatic carbocycles. The van der Waals surface area contributed by atoms with Crippen molar-refractivity contribution in [3.05, 3.63) is 11.3 Å². The van der Waals surface area contributed by atoms with E-state index >= 15 is 0 Å². The van der Waals surface area contributed by atoms with E-state index < -0.39 is 5.97 Å². The average Bonchev–Trinajstić information content (AvgIpc) is 2.66. The van der Waals surface area contributed by atoms with Gasteiger partial charge in [0.1, 0.15) is 11.3 Å². The second kappa shape index (κ2) is 5.65. The molecule has 0 spiro atoms. The van der Waals surface area contributed by atoms with Crippen molar-refractivity contribution < 1.29 is 19.7 Å². The first kappa shape index (κ1) is 12.7. The summed E-state index contributed by atoms with van der Waals surface area (Å²) in [6.45, 7) is 3.35. The summed E-state index contributed by atoms with van der Waals surface area (Å²) in [4.78, 5) is 15.8. The number of hydrogen-bond acceptors (Lipinski definition) is 5. The monoisotopic (exact) mass is 227 g/mol. The maximum atomic E-state index is 11.6. The van der Waals surface area contributed by atoms with Crippen molar-refractivity contribution in [2.24, 2.45) is 4.99 Å². The number of aliphatic imine (C=N–C) groups is 1. The predicted octanol–water partition coefficient (Wildman–Crippen LogP) is 0.977. The van der Waals surface area contributed by atoms with Gasteiger partial charge in [-0.1, -0.05) is 0 Å². The third kappa shape index (κ3) is 2.82. The summed E-state index contributed by atoms with van der Waals surface area (Å²) >= 11 is 0. The molecule has 0 bridgehead atoms. The van der Waals surface area contributed by atoms with E-state index in [-0.39, 0.29) is 30.6 Å². The van der Waals surface area contributed by atoms with Gasteiger partial charge in [0.05, 0.1) is 25.0 Å². The molecule has 0 fully saturated rings. The number of aliphatic hydroxyl groups is 2. The van der Waals surface area contributed by atoms with Crippen LogP contribution in [0.5, 0.6) is 0 Å². The minimum atomic E-state index is -0.556. The van der Waals surface area contributed by atoms with Gasteiger partial charge in [0.25, 0.3) is 0 Å². The molecule has 0 aromatic rings. The topological polar surface area (TPSA) is 79.1 Å². The molecule has 90 valence electrons. The van der Waals surface area contributed by atoms with E-state index in [1.54, 1.807) is 6.92 Å². The molecule has 5 heteroatoms. The van der Waals surface area contributed by atoms with E-state index in [4.69, 9.17) is 9.84 Å². The molecule has 1 rings (SSSR count). The molecule has 1 atom stereocenters. The molecule has 2 N–H and O–H groups in total. The van der Waals surface area contributed by atoms with Crippen molar-refractivity contribution in [3.8, 4) is 0 Å². The minimum absolute atomic E-state index is 0.0376. The van der Waals surface area contributed by atoms with Gasteiger partial charge in [-0.2, -0.15) is 0 Å².